The second-order valence-corrected chi connectivity index (χ2v) is 6.19. The number of anilines is 1. The van der Waals surface area contributed by atoms with Crippen LogP contribution in [0.25, 0.3) is 21.9 Å². The lowest BCUT2D eigenvalue weighted by Gasteiger charge is -2.04. The number of rotatable bonds is 2. The van der Waals surface area contributed by atoms with E-state index in [1.807, 2.05) is 57.3 Å². The first kappa shape index (κ1) is 14.6. The van der Waals surface area contributed by atoms with Crippen molar-refractivity contribution in [2.24, 2.45) is 0 Å². The fraction of sp³-hybridized carbons (Fsp3) is 0.150. The lowest BCUT2D eigenvalue weighted by atomic mass is 10.0. The van der Waals surface area contributed by atoms with Crippen LogP contribution in [0.1, 0.15) is 27.2 Å². The second-order valence-electron chi connectivity index (χ2n) is 6.19. The van der Waals surface area contributed by atoms with Gasteiger partial charge in [0.1, 0.15) is 5.58 Å². The van der Waals surface area contributed by atoms with E-state index in [0.29, 0.717) is 5.76 Å². The summed E-state index contributed by atoms with van der Waals surface area (Å²) >= 11 is 0. The van der Waals surface area contributed by atoms with Crippen LogP contribution in [-0.2, 0) is 0 Å². The molecule has 0 radical (unpaired) electrons. The first-order chi connectivity index (χ1) is 11.5. The summed E-state index contributed by atoms with van der Waals surface area (Å²) in [5, 5.41) is 5.02. The molecule has 4 nitrogen and oxygen atoms in total. The Balaban J connectivity index is 1.74. The zero-order chi connectivity index (χ0) is 16.8. The topological polar surface area (TPSA) is 58.0 Å². The van der Waals surface area contributed by atoms with Gasteiger partial charge in [-0.25, -0.2) is 0 Å². The maximum atomic E-state index is 12.7. The fourth-order valence-electron chi connectivity index (χ4n) is 3.21. The number of aryl methyl sites for hydroxylation is 3. The molecule has 0 atom stereocenters. The molecular weight excluding hydrogens is 300 g/mol. The first-order valence-corrected chi connectivity index (χ1v) is 7.92. The van der Waals surface area contributed by atoms with E-state index in [9.17, 15) is 4.79 Å². The summed E-state index contributed by atoms with van der Waals surface area (Å²) in [5.74, 6) is 0.147. The smallest absolute Gasteiger partial charge is 0.291 e. The molecule has 1 amide bonds. The first-order valence-electron chi connectivity index (χ1n) is 7.92. The van der Waals surface area contributed by atoms with Crippen molar-refractivity contribution < 1.29 is 9.21 Å². The Morgan fingerprint density at radius 3 is 2.62 bits per heavy atom. The van der Waals surface area contributed by atoms with Crippen molar-refractivity contribution in [1.29, 1.82) is 0 Å². The predicted molar refractivity (Wildman–Crippen MR) is 96.7 cm³/mol. The average Bonchev–Trinajstić information content (AvgIpc) is 3.15. The third-order valence-corrected chi connectivity index (χ3v) is 4.50. The van der Waals surface area contributed by atoms with Gasteiger partial charge in [-0.2, -0.15) is 0 Å². The van der Waals surface area contributed by atoms with Crippen molar-refractivity contribution in [3.8, 4) is 0 Å². The van der Waals surface area contributed by atoms with Crippen LogP contribution in [0, 0.1) is 20.8 Å². The molecule has 2 heterocycles. The third kappa shape index (κ3) is 2.19. The molecule has 0 spiro atoms. The summed E-state index contributed by atoms with van der Waals surface area (Å²) in [6.45, 7) is 5.96. The Labute approximate surface area is 139 Å². The summed E-state index contributed by atoms with van der Waals surface area (Å²) in [7, 11) is 0. The van der Waals surface area contributed by atoms with Gasteiger partial charge in [0.2, 0.25) is 0 Å². The van der Waals surface area contributed by atoms with Gasteiger partial charge in [-0.1, -0.05) is 12.1 Å². The summed E-state index contributed by atoms with van der Waals surface area (Å²) < 4.78 is 5.90. The highest BCUT2D eigenvalue weighted by atomic mass is 16.3. The van der Waals surface area contributed by atoms with Crippen molar-refractivity contribution in [2.45, 2.75) is 20.8 Å². The molecule has 0 saturated heterocycles. The molecule has 24 heavy (non-hydrogen) atoms. The van der Waals surface area contributed by atoms with Gasteiger partial charge in [0.15, 0.2) is 5.76 Å². The molecule has 0 unspecified atom stereocenters. The van der Waals surface area contributed by atoms with Crippen LogP contribution >= 0.6 is 0 Å². The standard InChI is InChI=1S/C20H18N2O2/c1-11-4-5-12(2)18-17(11)13(3)19(24-18)20(23)22-15-6-7-16-14(10-15)8-9-21-16/h4-10,21H,1-3H3,(H,22,23). The summed E-state index contributed by atoms with van der Waals surface area (Å²) in [5.41, 5.74) is 5.61. The van der Waals surface area contributed by atoms with Gasteiger partial charge in [0.05, 0.1) is 0 Å². The van der Waals surface area contributed by atoms with Crippen LogP contribution in [0.2, 0.25) is 0 Å². The van der Waals surface area contributed by atoms with Crippen LogP contribution in [0.15, 0.2) is 47.0 Å². The highest BCUT2D eigenvalue weighted by molar-refractivity contribution is 6.07. The van der Waals surface area contributed by atoms with E-state index < -0.39 is 0 Å². The van der Waals surface area contributed by atoms with E-state index in [1.165, 1.54) is 0 Å². The molecule has 0 aliphatic heterocycles. The normalized spacial score (nSPS) is 11.3. The fourth-order valence-corrected chi connectivity index (χ4v) is 3.21. The quantitative estimate of drug-likeness (QED) is 0.541. The second kappa shape index (κ2) is 5.27. The van der Waals surface area contributed by atoms with E-state index in [-0.39, 0.29) is 5.91 Å². The molecule has 4 heteroatoms. The number of fused-ring (bicyclic) bond motifs is 2. The number of hydrogen-bond acceptors (Lipinski definition) is 2. The molecule has 0 aliphatic carbocycles. The number of carbonyl (C=O) groups excluding carboxylic acids is 1. The van der Waals surface area contributed by atoms with E-state index in [2.05, 4.69) is 16.4 Å². The Morgan fingerprint density at radius 2 is 1.83 bits per heavy atom. The van der Waals surface area contributed by atoms with Gasteiger partial charge in [0.25, 0.3) is 5.91 Å². The Kier molecular flexibility index (Phi) is 3.20. The van der Waals surface area contributed by atoms with E-state index in [1.54, 1.807) is 0 Å². The van der Waals surface area contributed by atoms with Crippen molar-refractivity contribution >= 4 is 33.5 Å². The van der Waals surface area contributed by atoms with Crippen LogP contribution < -0.4 is 5.32 Å². The van der Waals surface area contributed by atoms with Crippen LogP contribution in [0.5, 0.6) is 0 Å². The lowest BCUT2D eigenvalue weighted by Crippen LogP contribution is -2.12. The zero-order valence-electron chi connectivity index (χ0n) is 13.9. The number of amides is 1. The highest BCUT2D eigenvalue weighted by Crippen LogP contribution is 2.31. The number of hydrogen-bond donors (Lipinski definition) is 2. The van der Waals surface area contributed by atoms with E-state index in [0.717, 1.165) is 44.2 Å². The molecular formula is C20H18N2O2. The van der Waals surface area contributed by atoms with Gasteiger partial charge in [0, 0.05) is 33.7 Å². The van der Waals surface area contributed by atoms with Crippen molar-refractivity contribution in [3.05, 3.63) is 65.0 Å². The summed E-state index contributed by atoms with van der Waals surface area (Å²) in [4.78, 5) is 15.8. The molecule has 2 aromatic carbocycles. The number of aromatic nitrogens is 1. The molecule has 2 aromatic heterocycles. The molecule has 4 rings (SSSR count). The number of H-pyrrole nitrogens is 1. The minimum atomic E-state index is -0.225. The zero-order valence-corrected chi connectivity index (χ0v) is 13.9. The van der Waals surface area contributed by atoms with Crippen molar-refractivity contribution in [1.82, 2.24) is 4.98 Å². The van der Waals surface area contributed by atoms with Gasteiger partial charge < -0.3 is 14.7 Å². The molecule has 0 saturated carbocycles. The van der Waals surface area contributed by atoms with Crippen molar-refractivity contribution in [3.63, 3.8) is 0 Å². The van der Waals surface area contributed by atoms with Gasteiger partial charge in [-0.05, 0) is 56.2 Å². The molecule has 2 N–H and O–H groups in total. The predicted octanol–water partition coefficient (Wildman–Crippen LogP) is 5.09. The number of benzene rings is 2. The molecule has 4 aromatic rings. The summed E-state index contributed by atoms with van der Waals surface area (Å²) in [6.07, 6.45) is 1.88. The van der Waals surface area contributed by atoms with Gasteiger partial charge >= 0.3 is 0 Å². The maximum absolute atomic E-state index is 12.7. The maximum Gasteiger partial charge on any atom is 0.291 e. The molecule has 0 aliphatic rings. The Hall–Kier alpha value is -3.01. The minimum absolute atomic E-state index is 0.225. The minimum Gasteiger partial charge on any atom is -0.450 e. The lowest BCUT2D eigenvalue weighted by molar-refractivity contribution is 0.0998. The van der Waals surface area contributed by atoms with Gasteiger partial charge in [-0.3, -0.25) is 4.79 Å². The summed E-state index contributed by atoms with van der Waals surface area (Å²) in [6, 6.07) is 11.8. The third-order valence-electron chi connectivity index (χ3n) is 4.50. The van der Waals surface area contributed by atoms with Crippen molar-refractivity contribution in [2.75, 3.05) is 5.32 Å². The molecule has 120 valence electrons. The molecule has 0 bridgehead atoms. The number of nitrogens with one attached hydrogen (secondary N) is 2. The van der Waals surface area contributed by atoms with E-state index in [4.69, 9.17) is 4.42 Å². The van der Waals surface area contributed by atoms with Crippen LogP contribution in [0.3, 0.4) is 0 Å². The Bertz CT molecular complexity index is 1090. The van der Waals surface area contributed by atoms with Crippen LogP contribution in [-0.4, -0.2) is 10.9 Å². The molecule has 0 fully saturated rings. The Morgan fingerprint density at radius 1 is 1.04 bits per heavy atom. The monoisotopic (exact) mass is 318 g/mol. The highest BCUT2D eigenvalue weighted by Gasteiger charge is 2.20. The van der Waals surface area contributed by atoms with E-state index >= 15 is 0 Å². The average molecular weight is 318 g/mol. The van der Waals surface area contributed by atoms with Gasteiger partial charge in [-0.15, -0.1) is 0 Å². The number of aromatic amines is 1. The SMILES string of the molecule is Cc1ccc(C)c2c(C)c(C(=O)Nc3ccc4[nH]ccc4c3)oc12. The largest absolute Gasteiger partial charge is 0.450 e. The van der Waals surface area contributed by atoms with Crippen LogP contribution in [0.4, 0.5) is 5.69 Å². The number of furan rings is 1. The number of carbonyl (C=O) groups is 1.